The summed E-state index contributed by atoms with van der Waals surface area (Å²) in [6, 6.07) is 7.12. The van der Waals surface area contributed by atoms with E-state index in [0.717, 1.165) is 15.4 Å². The number of benzene rings is 1. The zero-order valence-corrected chi connectivity index (χ0v) is 11.2. The molecular weight excluding hydrogens is 244 g/mol. The second kappa shape index (κ2) is 4.84. The monoisotopic (exact) mass is 260 g/mol. The van der Waals surface area contributed by atoms with Gasteiger partial charge in [0.2, 0.25) is 0 Å². The van der Waals surface area contributed by atoms with Crippen LogP contribution < -0.4 is 0 Å². The molecule has 5 nitrogen and oxygen atoms in total. The summed E-state index contributed by atoms with van der Waals surface area (Å²) in [6.45, 7) is 4.32. The van der Waals surface area contributed by atoms with Gasteiger partial charge in [-0.25, -0.2) is 4.79 Å². The summed E-state index contributed by atoms with van der Waals surface area (Å²) in [5.74, 6) is -1.11. The van der Waals surface area contributed by atoms with Crippen molar-refractivity contribution in [1.29, 1.82) is 0 Å². The number of hydrogen-bond donors (Lipinski definition) is 0. The quantitative estimate of drug-likeness (QED) is 0.614. The molecule has 100 valence electrons. The van der Waals surface area contributed by atoms with E-state index < -0.39 is 17.8 Å². The summed E-state index contributed by atoms with van der Waals surface area (Å²) in [5.41, 5.74) is 2.02. The van der Waals surface area contributed by atoms with Crippen molar-refractivity contribution in [3.05, 3.63) is 35.4 Å². The van der Waals surface area contributed by atoms with Gasteiger partial charge in [-0.05, 0) is 17.0 Å². The Balaban J connectivity index is 2.15. The highest BCUT2D eigenvalue weighted by atomic mass is 16.2. The normalized spacial score (nSPS) is 15.9. The molecule has 0 unspecified atom stereocenters. The van der Waals surface area contributed by atoms with E-state index in [1.54, 1.807) is 0 Å². The lowest BCUT2D eigenvalue weighted by Gasteiger charge is -2.13. The molecular formula is C14H16N2O3. The van der Waals surface area contributed by atoms with Crippen LogP contribution in [0.2, 0.25) is 0 Å². The van der Waals surface area contributed by atoms with Gasteiger partial charge in [0.05, 0.1) is 6.54 Å². The molecule has 1 heterocycles. The first-order valence-electron chi connectivity index (χ1n) is 6.14. The molecule has 1 aromatic carbocycles. The molecule has 1 aliphatic heterocycles. The molecule has 1 saturated heterocycles. The Bertz CT molecular complexity index is 534. The van der Waals surface area contributed by atoms with Gasteiger partial charge in [0.25, 0.3) is 0 Å². The fraction of sp³-hybridized carbons (Fsp3) is 0.357. The predicted molar refractivity (Wildman–Crippen MR) is 69.2 cm³/mol. The number of nitrogens with zero attached hydrogens (tertiary/aromatic N) is 2. The third kappa shape index (κ3) is 2.36. The molecule has 0 N–H and O–H groups in total. The standard InChI is InChI=1S/C14H16N2O3/c1-9(2)11-6-4-10(5-7-11)8-16-13(18)12(17)15(3)14(16)19/h4-7,9H,8H2,1-3H3. The molecule has 1 aromatic rings. The molecule has 1 fully saturated rings. The summed E-state index contributed by atoms with van der Waals surface area (Å²) in [6.07, 6.45) is 0. The lowest BCUT2D eigenvalue weighted by Crippen LogP contribution is -2.31. The van der Waals surface area contributed by atoms with Crippen molar-refractivity contribution in [1.82, 2.24) is 9.80 Å². The Labute approximate surface area is 111 Å². The number of imide groups is 2. The van der Waals surface area contributed by atoms with Gasteiger partial charge in [-0.1, -0.05) is 38.1 Å². The average Bonchev–Trinajstić information content (AvgIpc) is 2.57. The highest BCUT2D eigenvalue weighted by Gasteiger charge is 2.41. The minimum atomic E-state index is -0.774. The number of urea groups is 1. The van der Waals surface area contributed by atoms with Crippen molar-refractivity contribution in [3.63, 3.8) is 0 Å². The second-order valence-corrected chi connectivity index (χ2v) is 4.93. The number of carbonyl (C=O) groups is 3. The van der Waals surface area contributed by atoms with E-state index in [0.29, 0.717) is 5.92 Å². The largest absolute Gasteiger partial charge is 0.334 e. The van der Waals surface area contributed by atoms with Gasteiger partial charge in [0, 0.05) is 7.05 Å². The lowest BCUT2D eigenvalue weighted by atomic mass is 10.0. The Morgan fingerprint density at radius 3 is 2.00 bits per heavy atom. The van der Waals surface area contributed by atoms with Gasteiger partial charge < -0.3 is 0 Å². The van der Waals surface area contributed by atoms with Gasteiger partial charge in [-0.3, -0.25) is 19.4 Å². The molecule has 0 aromatic heterocycles. The predicted octanol–water partition coefficient (Wildman–Crippen LogP) is 1.73. The average molecular weight is 260 g/mol. The van der Waals surface area contributed by atoms with Crippen LogP contribution in [0, 0.1) is 0 Å². The lowest BCUT2D eigenvalue weighted by molar-refractivity contribution is -0.143. The summed E-state index contributed by atoms with van der Waals surface area (Å²) >= 11 is 0. The zero-order chi connectivity index (χ0) is 14.2. The molecule has 0 bridgehead atoms. The fourth-order valence-corrected chi connectivity index (χ4v) is 1.94. The third-order valence-electron chi connectivity index (χ3n) is 3.24. The van der Waals surface area contributed by atoms with E-state index >= 15 is 0 Å². The van der Waals surface area contributed by atoms with Crippen LogP contribution in [0.3, 0.4) is 0 Å². The molecule has 5 heteroatoms. The Morgan fingerprint density at radius 2 is 1.58 bits per heavy atom. The van der Waals surface area contributed by atoms with Crippen LogP contribution in [0.4, 0.5) is 4.79 Å². The van der Waals surface area contributed by atoms with Crippen molar-refractivity contribution < 1.29 is 14.4 Å². The van der Waals surface area contributed by atoms with E-state index in [1.165, 1.54) is 12.6 Å². The van der Waals surface area contributed by atoms with Crippen molar-refractivity contribution in [2.45, 2.75) is 26.3 Å². The number of likely N-dealkylation sites (N-methyl/N-ethyl adjacent to an activating group) is 1. The smallest absolute Gasteiger partial charge is 0.263 e. The van der Waals surface area contributed by atoms with Gasteiger partial charge in [0.1, 0.15) is 0 Å². The maximum Gasteiger partial charge on any atom is 0.334 e. The minimum Gasteiger partial charge on any atom is -0.263 e. The summed E-state index contributed by atoms with van der Waals surface area (Å²) in [4.78, 5) is 36.5. The third-order valence-corrected chi connectivity index (χ3v) is 3.24. The Morgan fingerprint density at radius 1 is 1.00 bits per heavy atom. The van der Waals surface area contributed by atoms with Gasteiger partial charge in [0.15, 0.2) is 0 Å². The van der Waals surface area contributed by atoms with Crippen molar-refractivity contribution >= 4 is 17.8 Å². The molecule has 0 radical (unpaired) electrons. The first-order valence-corrected chi connectivity index (χ1v) is 6.14. The van der Waals surface area contributed by atoms with E-state index in [9.17, 15) is 14.4 Å². The number of rotatable bonds is 3. The van der Waals surface area contributed by atoms with E-state index in [-0.39, 0.29) is 6.54 Å². The minimum absolute atomic E-state index is 0.131. The molecule has 0 spiro atoms. The first kappa shape index (κ1) is 13.3. The van der Waals surface area contributed by atoms with Crippen molar-refractivity contribution in [3.8, 4) is 0 Å². The molecule has 2 rings (SSSR count). The second-order valence-electron chi connectivity index (χ2n) is 4.93. The topological polar surface area (TPSA) is 57.7 Å². The van der Waals surface area contributed by atoms with Crippen LogP contribution in [-0.4, -0.2) is 34.7 Å². The number of amides is 4. The van der Waals surface area contributed by atoms with Gasteiger partial charge in [-0.2, -0.15) is 0 Å². The molecule has 0 saturated carbocycles. The van der Waals surface area contributed by atoms with E-state index in [2.05, 4.69) is 13.8 Å². The van der Waals surface area contributed by atoms with Crippen LogP contribution in [0.25, 0.3) is 0 Å². The molecule has 19 heavy (non-hydrogen) atoms. The summed E-state index contributed by atoms with van der Waals surface area (Å²) in [5, 5.41) is 0. The van der Waals surface area contributed by atoms with Crippen molar-refractivity contribution in [2.75, 3.05) is 7.05 Å². The van der Waals surface area contributed by atoms with Crippen LogP contribution in [0.1, 0.15) is 30.9 Å². The fourth-order valence-electron chi connectivity index (χ4n) is 1.94. The van der Waals surface area contributed by atoms with Crippen LogP contribution in [0.5, 0.6) is 0 Å². The molecule has 0 aliphatic carbocycles. The van der Waals surface area contributed by atoms with E-state index in [1.807, 2.05) is 24.3 Å². The Hall–Kier alpha value is -2.17. The van der Waals surface area contributed by atoms with Crippen LogP contribution >= 0.6 is 0 Å². The Kier molecular flexibility index (Phi) is 3.38. The maximum atomic E-state index is 11.7. The molecule has 4 amide bonds. The SMILES string of the molecule is CC(C)c1ccc(CN2C(=O)C(=O)N(C)C2=O)cc1. The number of hydrogen-bond acceptors (Lipinski definition) is 3. The highest BCUT2D eigenvalue weighted by molar-refractivity contribution is 6.44. The highest BCUT2D eigenvalue weighted by Crippen LogP contribution is 2.18. The first-order chi connectivity index (χ1) is 8.91. The molecule has 1 aliphatic rings. The zero-order valence-electron chi connectivity index (χ0n) is 11.2. The van der Waals surface area contributed by atoms with Gasteiger partial charge in [-0.15, -0.1) is 0 Å². The van der Waals surface area contributed by atoms with Crippen LogP contribution in [0.15, 0.2) is 24.3 Å². The van der Waals surface area contributed by atoms with Crippen molar-refractivity contribution in [2.24, 2.45) is 0 Å². The van der Waals surface area contributed by atoms with Crippen LogP contribution in [-0.2, 0) is 16.1 Å². The summed E-state index contributed by atoms with van der Waals surface area (Å²) < 4.78 is 0. The van der Waals surface area contributed by atoms with E-state index in [4.69, 9.17) is 0 Å². The maximum absolute atomic E-state index is 11.7. The summed E-state index contributed by atoms with van der Waals surface area (Å²) in [7, 11) is 1.31. The number of carbonyl (C=O) groups excluding carboxylic acids is 3. The van der Waals surface area contributed by atoms with Gasteiger partial charge >= 0.3 is 17.8 Å². The molecule has 0 atom stereocenters.